The number of nitrogens with one attached hydrogen (secondary N) is 1. The van der Waals surface area contributed by atoms with Crippen LogP contribution in [-0.2, 0) is 4.74 Å². The van der Waals surface area contributed by atoms with Gasteiger partial charge in [0.15, 0.2) is 0 Å². The van der Waals surface area contributed by atoms with E-state index in [0.717, 1.165) is 32.3 Å². The van der Waals surface area contributed by atoms with E-state index in [2.05, 4.69) is 5.32 Å². The molecule has 0 aliphatic carbocycles. The van der Waals surface area contributed by atoms with E-state index in [1.807, 2.05) is 7.05 Å². The zero-order valence-corrected chi connectivity index (χ0v) is 15.9. The Kier molecular flexibility index (Phi) is 6.29. The van der Waals surface area contributed by atoms with Crippen LogP contribution in [0.3, 0.4) is 0 Å². The van der Waals surface area contributed by atoms with Crippen molar-refractivity contribution in [1.29, 1.82) is 0 Å². The lowest BCUT2D eigenvalue weighted by molar-refractivity contribution is 0.0763. The Balaban J connectivity index is 1.50. The predicted octanol–water partition coefficient (Wildman–Crippen LogP) is 3.87. The smallest absolute Gasteiger partial charge is 0.259 e. The van der Waals surface area contributed by atoms with E-state index in [1.54, 1.807) is 42.2 Å². The first-order valence-electron chi connectivity index (χ1n) is 9.37. The van der Waals surface area contributed by atoms with E-state index < -0.39 is 0 Å². The van der Waals surface area contributed by atoms with Crippen molar-refractivity contribution in [2.75, 3.05) is 25.5 Å². The van der Waals surface area contributed by atoms with Gasteiger partial charge in [-0.05, 0) is 62.9 Å². The third-order valence-corrected chi connectivity index (χ3v) is 4.88. The maximum atomic E-state index is 12.5. The van der Waals surface area contributed by atoms with Crippen LogP contribution in [0.2, 0.25) is 0 Å². The number of hydrogen-bond donors (Lipinski definition) is 1. The molecule has 6 heteroatoms. The van der Waals surface area contributed by atoms with E-state index in [1.165, 1.54) is 6.26 Å². The fourth-order valence-electron chi connectivity index (χ4n) is 3.27. The molecule has 0 bridgehead atoms. The van der Waals surface area contributed by atoms with E-state index in [9.17, 15) is 9.59 Å². The molecule has 0 saturated carbocycles. The number of carbonyl (C=O) groups is 2. The Hall–Kier alpha value is -2.60. The van der Waals surface area contributed by atoms with E-state index in [0.29, 0.717) is 35.2 Å². The lowest BCUT2D eigenvalue weighted by Crippen LogP contribution is -2.28. The molecular weight excluding hydrogens is 344 g/mol. The molecule has 1 fully saturated rings. The molecule has 1 aliphatic heterocycles. The third-order valence-electron chi connectivity index (χ3n) is 4.88. The minimum atomic E-state index is -0.230. The second kappa shape index (κ2) is 8.86. The quantitative estimate of drug-likeness (QED) is 0.803. The molecule has 1 aromatic carbocycles. The van der Waals surface area contributed by atoms with Crippen molar-refractivity contribution in [3.8, 4) is 0 Å². The van der Waals surface area contributed by atoms with Crippen LogP contribution in [0, 0.1) is 6.92 Å². The molecule has 2 heterocycles. The molecule has 2 aromatic rings. The normalized spacial score (nSPS) is 16.3. The second-order valence-electron chi connectivity index (χ2n) is 6.93. The second-order valence-corrected chi connectivity index (χ2v) is 6.93. The first kappa shape index (κ1) is 19.2. The Morgan fingerprint density at radius 1 is 1.22 bits per heavy atom. The van der Waals surface area contributed by atoms with Crippen molar-refractivity contribution in [3.63, 3.8) is 0 Å². The maximum absolute atomic E-state index is 12.5. The zero-order chi connectivity index (χ0) is 19.2. The molecule has 0 unspecified atom stereocenters. The van der Waals surface area contributed by atoms with Crippen molar-refractivity contribution in [3.05, 3.63) is 53.5 Å². The Labute approximate surface area is 159 Å². The minimum Gasteiger partial charge on any atom is -0.469 e. The van der Waals surface area contributed by atoms with Crippen LogP contribution in [0.5, 0.6) is 0 Å². The summed E-state index contributed by atoms with van der Waals surface area (Å²) in [5, 5.41) is 2.81. The van der Waals surface area contributed by atoms with Gasteiger partial charge in [0, 0.05) is 31.5 Å². The van der Waals surface area contributed by atoms with Gasteiger partial charge in [-0.2, -0.15) is 0 Å². The summed E-state index contributed by atoms with van der Waals surface area (Å²) in [6.45, 7) is 3.31. The molecule has 1 aromatic heterocycles. The van der Waals surface area contributed by atoms with Gasteiger partial charge in [0.05, 0.1) is 17.9 Å². The number of furan rings is 1. The van der Waals surface area contributed by atoms with Crippen LogP contribution in [-0.4, -0.2) is 43.0 Å². The fourth-order valence-corrected chi connectivity index (χ4v) is 3.27. The van der Waals surface area contributed by atoms with Gasteiger partial charge in [-0.1, -0.05) is 0 Å². The summed E-state index contributed by atoms with van der Waals surface area (Å²) in [6, 6.07) is 8.57. The van der Waals surface area contributed by atoms with E-state index in [4.69, 9.17) is 9.15 Å². The number of nitrogens with zero attached hydrogens (tertiary/aromatic N) is 1. The summed E-state index contributed by atoms with van der Waals surface area (Å²) in [5.41, 5.74) is 1.74. The molecule has 1 N–H and O–H groups in total. The third kappa shape index (κ3) is 4.98. The highest BCUT2D eigenvalue weighted by Gasteiger charge is 2.17. The number of amides is 2. The van der Waals surface area contributed by atoms with Crippen molar-refractivity contribution in [2.45, 2.75) is 38.7 Å². The summed E-state index contributed by atoms with van der Waals surface area (Å²) < 4.78 is 10.8. The Bertz CT molecular complexity index is 776. The molecular formula is C21H26N2O4. The first-order chi connectivity index (χ1) is 13.0. The summed E-state index contributed by atoms with van der Waals surface area (Å²) in [6.07, 6.45) is 6.04. The number of ether oxygens (including phenoxy) is 1. The number of hydrogen-bond acceptors (Lipinski definition) is 4. The highest BCUT2D eigenvalue weighted by atomic mass is 16.5. The van der Waals surface area contributed by atoms with Gasteiger partial charge in [0.2, 0.25) is 0 Å². The zero-order valence-electron chi connectivity index (χ0n) is 15.9. The number of benzene rings is 1. The van der Waals surface area contributed by atoms with Crippen LogP contribution in [0.15, 0.2) is 41.0 Å². The number of aryl methyl sites for hydroxylation is 1. The lowest BCUT2D eigenvalue weighted by Gasteiger charge is -2.18. The summed E-state index contributed by atoms with van der Waals surface area (Å²) in [5.74, 6) is 0.321. The standard InChI is InChI=1S/C21H26N2O4/c1-15-19(11-14-26-15)20(24)22-17-9-7-16(8-10-17)21(25)23(2)12-3-5-18-6-4-13-27-18/h7-11,14,18H,3-6,12-13H2,1-2H3,(H,22,24)/t18-/m1/s1. The van der Waals surface area contributed by atoms with E-state index >= 15 is 0 Å². The van der Waals surface area contributed by atoms with E-state index in [-0.39, 0.29) is 11.8 Å². The van der Waals surface area contributed by atoms with Gasteiger partial charge in [-0.3, -0.25) is 9.59 Å². The van der Waals surface area contributed by atoms with Crippen molar-refractivity contribution < 1.29 is 18.7 Å². The van der Waals surface area contributed by atoms with Crippen LogP contribution in [0.4, 0.5) is 5.69 Å². The van der Waals surface area contributed by atoms with Crippen LogP contribution in [0.1, 0.15) is 52.2 Å². The minimum absolute atomic E-state index is 0.0223. The highest BCUT2D eigenvalue weighted by Crippen LogP contribution is 2.18. The predicted molar refractivity (Wildman–Crippen MR) is 103 cm³/mol. The first-order valence-corrected chi connectivity index (χ1v) is 9.37. The number of carbonyl (C=O) groups excluding carboxylic acids is 2. The Morgan fingerprint density at radius 2 is 2.00 bits per heavy atom. The molecule has 1 atom stereocenters. The van der Waals surface area contributed by atoms with Crippen LogP contribution in [0.25, 0.3) is 0 Å². The van der Waals surface area contributed by atoms with Gasteiger partial charge in [-0.25, -0.2) is 0 Å². The van der Waals surface area contributed by atoms with Gasteiger partial charge in [0.1, 0.15) is 5.76 Å². The maximum Gasteiger partial charge on any atom is 0.259 e. The lowest BCUT2D eigenvalue weighted by atomic mass is 10.1. The monoisotopic (exact) mass is 370 g/mol. The molecule has 27 heavy (non-hydrogen) atoms. The van der Waals surface area contributed by atoms with Gasteiger partial charge in [-0.15, -0.1) is 0 Å². The molecule has 2 amide bonds. The van der Waals surface area contributed by atoms with Crippen molar-refractivity contribution in [1.82, 2.24) is 4.90 Å². The number of rotatable bonds is 7. The average Bonchev–Trinajstić information content (AvgIpc) is 3.33. The van der Waals surface area contributed by atoms with Gasteiger partial charge >= 0.3 is 0 Å². The van der Waals surface area contributed by atoms with Crippen LogP contribution >= 0.6 is 0 Å². The molecule has 0 radical (unpaired) electrons. The average molecular weight is 370 g/mol. The number of anilines is 1. The van der Waals surface area contributed by atoms with Crippen LogP contribution < -0.4 is 5.32 Å². The largest absolute Gasteiger partial charge is 0.469 e. The molecule has 1 aliphatic rings. The highest BCUT2D eigenvalue weighted by molar-refractivity contribution is 6.05. The Morgan fingerprint density at radius 3 is 2.63 bits per heavy atom. The molecule has 6 nitrogen and oxygen atoms in total. The SMILES string of the molecule is Cc1occc1C(=O)Nc1ccc(C(=O)N(C)CCC[C@@H]2CCCO2)cc1. The molecule has 3 rings (SSSR count). The molecule has 1 saturated heterocycles. The fraction of sp³-hybridized carbons (Fsp3) is 0.429. The van der Waals surface area contributed by atoms with Gasteiger partial charge in [0.25, 0.3) is 11.8 Å². The topological polar surface area (TPSA) is 71.8 Å². The van der Waals surface area contributed by atoms with Gasteiger partial charge < -0.3 is 19.4 Å². The molecule has 0 spiro atoms. The van der Waals surface area contributed by atoms with Crippen molar-refractivity contribution >= 4 is 17.5 Å². The summed E-state index contributed by atoms with van der Waals surface area (Å²) >= 11 is 0. The van der Waals surface area contributed by atoms with Crippen molar-refractivity contribution in [2.24, 2.45) is 0 Å². The molecule has 144 valence electrons. The summed E-state index contributed by atoms with van der Waals surface area (Å²) in [4.78, 5) is 26.5. The summed E-state index contributed by atoms with van der Waals surface area (Å²) in [7, 11) is 1.81.